The van der Waals surface area contributed by atoms with Crippen LogP contribution in [0.3, 0.4) is 0 Å². The fraction of sp³-hybridized carbons (Fsp3) is 0.625. The SMILES string of the molecule is CC.CCC[C@H](O)CC.CN.COc1ccccc1. The molecule has 0 aliphatic rings. The van der Waals surface area contributed by atoms with Crippen LogP contribution in [0, 0.1) is 0 Å². The minimum absolute atomic E-state index is 0.0509. The molecule has 0 saturated carbocycles. The van der Waals surface area contributed by atoms with Crippen LogP contribution in [0.15, 0.2) is 30.3 Å². The van der Waals surface area contributed by atoms with E-state index >= 15 is 0 Å². The summed E-state index contributed by atoms with van der Waals surface area (Å²) in [7, 11) is 3.16. The maximum atomic E-state index is 8.86. The first-order valence-corrected chi connectivity index (χ1v) is 7.09. The molecule has 3 heteroatoms. The lowest BCUT2D eigenvalue weighted by Gasteiger charge is -2.01. The summed E-state index contributed by atoms with van der Waals surface area (Å²) >= 11 is 0. The first-order chi connectivity index (χ1) is 9.24. The second-order valence-corrected chi connectivity index (χ2v) is 3.37. The Morgan fingerprint density at radius 2 is 1.58 bits per heavy atom. The van der Waals surface area contributed by atoms with Crippen LogP contribution in [0.1, 0.15) is 47.0 Å². The van der Waals surface area contributed by atoms with E-state index in [2.05, 4.69) is 12.7 Å². The van der Waals surface area contributed by atoms with Crippen LogP contribution < -0.4 is 10.5 Å². The molecule has 1 rings (SSSR count). The molecule has 1 aromatic rings. The van der Waals surface area contributed by atoms with Gasteiger partial charge in [0.2, 0.25) is 0 Å². The van der Waals surface area contributed by atoms with Crippen LogP contribution in [0.25, 0.3) is 0 Å². The third kappa shape index (κ3) is 19.5. The van der Waals surface area contributed by atoms with Crippen molar-refractivity contribution in [2.24, 2.45) is 5.73 Å². The molecule has 0 radical (unpaired) electrons. The van der Waals surface area contributed by atoms with Gasteiger partial charge in [-0.25, -0.2) is 0 Å². The van der Waals surface area contributed by atoms with Gasteiger partial charge < -0.3 is 15.6 Å². The summed E-state index contributed by atoms with van der Waals surface area (Å²) in [5.74, 6) is 0.910. The number of ether oxygens (including phenoxy) is 1. The van der Waals surface area contributed by atoms with Gasteiger partial charge in [-0.15, -0.1) is 0 Å². The van der Waals surface area contributed by atoms with Crippen molar-refractivity contribution in [1.82, 2.24) is 0 Å². The third-order valence-corrected chi connectivity index (χ3v) is 2.07. The summed E-state index contributed by atoms with van der Waals surface area (Å²) in [6.07, 6.45) is 2.89. The Morgan fingerprint density at radius 3 is 1.79 bits per heavy atom. The molecule has 0 aromatic heterocycles. The van der Waals surface area contributed by atoms with Crippen molar-refractivity contribution in [3.63, 3.8) is 0 Å². The maximum absolute atomic E-state index is 8.86. The van der Waals surface area contributed by atoms with Gasteiger partial charge in [0.25, 0.3) is 0 Å². The van der Waals surface area contributed by atoms with Gasteiger partial charge in [0.05, 0.1) is 13.2 Å². The predicted molar refractivity (Wildman–Crippen MR) is 85.7 cm³/mol. The molecule has 0 unspecified atom stereocenters. The van der Waals surface area contributed by atoms with Crippen LogP contribution in [0.5, 0.6) is 5.75 Å². The molecule has 0 aliphatic heterocycles. The van der Waals surface area contributed by atoms with Crippen LogP contribution in [-0.2, 0) is 0 Å². The van der Waals surface area contributed by atoms with E-state index in [9.17, 15) is 0 Å². The average Bonchev–Trinajstić information content (AvgIpc) is 2.53. The Kier molecular flexibility index (Phi) is 26.9. The smallest absolute Gasteiger partial charge is 0.118 e. The lowest BCUT2D eigenvalue weighted by atomic mass is 10.2. The van der Waals surface area contributed by atoms with Crippen molar-refractivity contribution < 1.29 is 9.84 Å². The number of methoxy groups -OCH3 is 1. The Hall–Kier alpha value is -1.06. The highest BCUT2D eigenvalue weighted by Crippen LogP contribution is 2.05. The summed E-state index contributed by atoms with van der Waals surface area (Å²) < 4.78 is 4.91. The molecule has 19 heavy (non-hydrogen) atoms. The zero-order valence-electron chi connectivity index (χ0n) is 13.5. The summed E-state index contributed by atoms with van der Waals surface area (Å²) in [5.41, 5.74) is 4.50. The Balaban J connectivity index is -0.000000215. The van der Waals surface area contributed by atoms with Gasteiger partial charge in [0.1, 0.15) is 5.75 Å². The van der Waals surface area contributed by atoms with Gasteiger partial charge in [0.15, 0.2) is 0 Å². The zero-order valence-corrected chi connectivity index (χ0v) is 13.5. The van der Waals surface area contributed by atoms with E-state index in [1.54, 1.807) is 7.11 Å². The molecular weight excluding hydrogens is 238 g/mol. The van der Waals surface area contributed by atoms with E-state index in [1.807, 2.05) is 51.1 Å². The highest BCUT2D eigenvalue weighted by Gasteiger charge is 1.94. The molecule has 3 N–H and O–H groups in total. The molecule has 0 fully saturated rings. The largest absolute Gasteiger partial charge is 0.497 e. The fourth-order valence-corrected chi connectivity index (χ4v) is 1.09. The molecule has 0 spiro atoms. The van der Waals surface area contributed by atoms with Gasteiger partial charge in [0, 0.05) is 0 Å². The van der Waals surface area contributed by atoms with Crippen molar-refractivity contribution >= 4 is 0 Å². The second-order valence-electron chi connectivity index (χ2n) is 3.37. The Labute approximate surface area is 119 Å². The molecule has 1 atom stereocenters. The number of aliphatic hydroxyl groups is 1. The first kappa shape index (κ1) is 23.1. The number of nitrogens with two attached hydrogens (primary N) is 1. The van der Waals surface area contributed by atoms with Gasteiger partial charge in [-0.05, 0) is 32.0 Å². The number of benzene rings is 1. The highest BCUT2D eigenvalue weighted by molar-refractivity contribution is 5.20. The third-order valence-electron chi connectivity index (χ3n) is 2.07. The predicted octanol–water partition coefficient (Wildman–Crippen LogP) is 3.85. The van der Waals surface area contributed by atoms with Crippen LogP contribution in [-0.4, -0.2) is 25.4 Å². The van der Waals surface area contributed by atoms with Gasteiger partial charge in [-0.1, -0.05) is 52.3 Å². The summed E-state index contributed by atoms with van der Waals surface area (Å²) in [6, 6.07) is 9.68. The summed E-state index contributed by atoms with van der Waals surface area (Å²) in [5, 5.41) is 8.86. The summed E-state index contributed by atoms with van der Waals surface area (Å²) in [6.45, 7) is 8.08. The van der Waals surface area contributed by atoms with Crippen LogP contribution >= 0.6 is 0 Å². The number of aliphatic hydroxyl groups excluding tert-OH is 1. The molecule has 0 heterocycles. The lowest BCUT2D eigenvalue weighted by Crippen LogP contribution is -2.01. The molecule has 1 aromatic carbocycles. The molecule has 114 valence electrons. The van der Waals surface area contributed by atoms with Gasteiger partial charge >= 0.3 is 0 Å². The standard InChI is InChI=1S/C7H8O.C6H14O.C2H6.CH5N/c1-8-7-5-3-2-4-6-7;1-3-5-6(7)4-2;2*1-2/h2-6H,1H3;6-7H,3-5H2,1-2H3;1-2H3;2H2,1H3/t;6-;;/m.1../s1. The van der Waals surface area contributed by atoms with Gasteiger partial charge in [-0.2, -0.15) is 0 Å². The monoisotopic (exact) mass is 271 g/mol. The normalized spacial score (nSPS) is 9.47. The van der Waals surface area contributed by atoms with E-state index in [0.29, 0.717) is 0 Å². The van der Waals surface area contributed by atoms with Crippen molar-refractivity contribution in [2.45, 2.75) is 53.1 Å². The highest BCUT2D eigenvalue weighted by atomic mass is 16.5. The first-order valence-electron chi connectivity index (χ1n) is 7.09. The number of hydrogen-bond acceptors (Lipinski definition) is 3. The maximum Gasteiger partial charge on any atom is 0.118 e. The fourth-order valence-electron chi connectivity index (χ4n) is 1.09. The van der Waals surface area contributed by atoms with E-state index in [4.69, 9.17) is 9.84 Å². The van der Waals surface area contributed by atoms with Crippen LogP contribution in [0.4, 0.5) is 0 Å². The van der Waals surface area contributed by atoms with E-state index in [1.165, 1.54) is 7.05 Å². The van der Waals surface area contributed by atoms with Gasteiger partial charge in [-0.3, -0.25) is 0 Å². The van der Waals surface area contributed by atoms with E-state index in [-0.39, 0.29) is 6.10 Å². The quantitative estimate of drug-likeness (QED) is 0.874. The zero-order chi connectivity index (χ0) is 15.5. The molecule has 0 saturated heterocycles. The topological polar surface area (TPSA) is 55.5 Å². The number of hydrogen-bond donors (Lipinski definition) is 2. The van der Waals surface area contributed by atoms with E-state index in [0.717, 1.165) is 25.0 Å². The van der Waals surface area contributed by atoms with Crippen LogP contribution in [0.2, 0.25) is 0 Å². The van der Waals surface area contributed by atoms with Crippen molar-refractivity contribution in [1.29, 1.82) is 0 Å². The Morgan fingerprint density at radius 1 is 1.11 bits per heavy atom. The van der Waals surface area contributed by atoms with Crippen molar-refractivity contribution in [3.8, 4) is 5.75 Å². The van der Waals surface area contributed by atoms with E-state index < -0.39 is 0 Å². The number of rotatable bonds is 4. The number of para-hydroxylation sites is 1. The van der Waals surface area contributed by atoms with Crippen molar-refractivity contribution in [3.05, 3.63) is 30.3 Å². The molecular formula is C16H33NO2. The average molecular weight is 271 g/mol. The Bertz CT molecular complexity index is 227. The molecule has 0 bridgehead atoms. The second kappa shape index (κ2) is 22.1. The summed E-state index contributed by atoms with van der Waals surface area (Å²) in [4.78, 5) is 0. The van der Waals surface area contributed by atoms with Crippen molar-refractivity contribution in [2.75, 3.05) is 14.2 Å². The minimum Gasteiger partial charge on any atom is -0.497 e. The lowest BCUT2D eigenvalue weighted by molar-refractivity contribution is 0.159. The molecule has 0 aliphatic carbocycles. The minimum atomic E-state index is -0.0509. The molecule has 3 nitrogen and oxygen atoms in total. The molecule has 0 amide bonds.